The van der Waals surface area contributed by atoms with Crippen LogP contribution in [0.4, 0.5) is 8.78 Å². The summed E-state index contributed by atoms with van der Waals surface area (Å²) in [6.07, 6.45) is 6.27. The minimum absolute atomic E-state index is 0.0274. The second-order valence-corrected chi connectivity index (χ2v) is 6.20. The van der Waals surface area contributed by atoms with Crippen molar-refractivity contribution in [3.05, 3.63) is 54.4 Å². The van der Waals surface area contributed by atoms with Gasteiger partial charge in [0, 0.05) is 24.9 Å². The number of imidazole rings is 2. The first-order valence-electron chi connectivity index (χ1n) is 8.56. The molecule has 3 aromatic rings. The highest BCUT2D eigenvalue weighted by Gasteiger charge is 2.19. The summed E-state index contributed by atoms with van der Waals surface area (Å²) in [7, 11) is 0. The number of ether oxygens (including phenoxy) is 1. The maximum Gasteiger partial charge on any atom is 0.287 e. The van der Waals surface area contributed by atoms with Crippen molar-refractivity contribution in [2.24, 2.45) is 0 Å². The Hall–Kier alpha value is -3.07. The molecule has 2 N–H and O–H groups in total. The molecule has 27 heavy (non-hydrogen) atoms. The van der Waals surface area contributed by atoms with Crippen LogP contribution in [0.25, 0.3) is 17.1 Å². The summed E-state index contributed by atoms with van der Waals surface area (Å²) in [5.74, 6) is -1.83. The number of carbonyl (C=O) groups is 1. The average Bonchev–Trinajstić information content (AvgIpc) is 3.42. The molecule has 1 atom stereocenters. The highest BCUT2D eigenvalue weighted by atomic mass is 19.2. The van der Waals surface area contributed by atoms with Crippen molar-refractivity contribution in [3.63, 3.8) is 0 Å². The zero-order valence-corrected chi connectivity index (χ0v) is 14.3. The molecular formula is C18H17F2N5O2. The maximum atomic E-state index is 14.1. The van der Waals surface area contributed by atoms with Crippen LogP contribution in [0.1, 0.15) is 23.5 Å². The van der Waals surface area contributed by atoms with Gasteiger partial charge in [0.1, 0.15) is 6.33 Å². The van der Waals surface area contributed by atoms with Crippen LogP contribution in [0, 0.1) is 11.6 Å². The molecule has 2 aromatic heterocycles. The van der Waals surface area contributed by atoms with Crippen LogP contribution in [0.5, 0.6) is 0 Å². The topological polar surface area (TPSA) is 84.8 Å². The summed E-state index contributed by atoms with van der Waals surface area (Å²) in [6, 6.07) is 3.91. The van der Waals surface area contributed by atoms with E-state index in [1.807, 2.05) is 0 Å². The summed E-state index contributed by atoms with van der Waals surface area (Å²) in [5.41, 5.74) is 0.379. The number of nitrogens with one attached hydrogen (secondary N) is 2. The Morgan fingerprint density at radius 3 is 3.11 bits per heavy atom. The normalized spacial score (nSPS) is 16.6. The number of halogens is 2. The molecule has 140 valence electrons. The highest BCUT2D eigenvalue weighted by molar-refractivity contribution is 5.90. The fourth-order valence-electron chi connectivity index (χ4n) is 3.03. The SMILES string of the molecule is O=C(NC[C@@H]1CCCO1)c1nc(-n2cncc2-c2cccc(F)c2F)c[nH]1. The molecule has 1 fully saturated rings. The zero-order valence-electron chi connectivity index (χ0n) is 14.3. The Labute approximate surface area is 153 Å². The van der Waals surface area contributed by atoms with Gasteiger partial charge in [-0.1, -0.05) is 6.07 Å². The molecular weight excluding hydrogens is 356 g/mol. The maximum absolute atomic E-state index is 14.1. The molecule has 0 bridgehead atoms. The summed E-state index contributed by atoms with van der Waals surface area (Å²) in [4.78, 5) is 23.3. The largest absolute Gasteiger partial charge is 0.376 e. The molecule has 0 spiro atoms. The van der Waals surface area contributed by atoms with E-state index in [9.17, 15) is 13.6 Å². The van der Waals surface area contributed by atoms with Gasteiger partial charge in [0.15, 0.2) is 23.3 Å². The van der Waals surface area contributed by atoms with Gasteiger partial charge in [0.05, 0.1) is 18.0 Å². The van der Waals surface area contributed by atoms with Crippen molar-refractivity contribution in [3.8, 4) is 17.1 Å². The molecule has 3 heterocycles. The lowest BCUT2D eigenvalue weighted by molar-refractivity contribution is 0.0850. The summed E-state index contributed by atoms with van der Waals surface area (Å²) < 4.78 is 34.6. The van der Waals surface area contributed by atoms with Crippen molar-refractivity contribution in [1.82, 2.24) is 24.8 Å². The minimum atomic E-state index is -0.968. The number of aromatic amines is 1. The van der Waals surface area contributed by atoms with Crippen LogP contribution in [-0.2, 0) is 4.74 Å². The fraction of sp³-hybridized carbons (Fsp3) is 0.278. The molecule has 0 unspecified atom stereocenters. The lowest BCUT2D eigenvalue weighted by atomic mass is 10.1. The van der Waals surface area contributed by atoms with E-state index in [2.05, 4.69) is 20.3 Å². The summed E-state index contributed by atoms with van der Waals surface area (Å²) >= 11 is 0. The van der Waals surface area contributed by atoms with E-state index in [0.717, 1.165) is 18.9 Å². The van der Waals surface area contributed by atoms with Gasteiger partial charge in [-0.2, -0.15) is 0 Å². The predicted molar refractivity (Wildman–Crippen MR) is 92.4 cm³/mol. The van der Waals surface area contributed by atoms with Crippen LogP contribution in [0.15, 0.2) is 36.9 Å². The van der Waals surface area contributed by atoms with Gasteiger partial charge in [-0.25, -0.2) is 18.7 Å². The Bertz CT molecular complexity index is 962. The molecule has 9 heteroatoms. The van der Waals surface area contributed by atoms with Gasteiger partial charge >= 0.3 is 0 Å². The minimum Gasteiger partial charge on any atom is -0.376 e. The second kappa shape index (κ2) is 7.28. The quantitative estimate of drug-likeness (QED) is 0.720. The van der Waals surface area contributed by atoms with Crippen molar-refractivity contribution < 1.29 is 18.3 Å². The molecule has 4 rings (SSSR count). The van der Waals surface area contributed by atoms with Crippen LogP contribution >= 0.6 is 0 Å². The van der Waals surface area contributed by atoms with E-state index in [4.69, 9.17) is 4.74 Å². The highest BCUT2D eigenvalue weighted by Crippen LogP contribution is 2.26. The number of benzene rings is 1. The molecule has 1 amide bonds. The molecule has 1 aliphatic rings. The van der Waals surface area contributed by atoms with Crippen LogP contribution in [-0.4, -0.2) is 44.7 Å². The second-order valence-electron chi connectivity index (χ2n) is 6.20. The van der Waals surface area contributed by atoms with Gasteiger partial charge in [0.2, 0.25) is 0 Å². The van der Waals surface area contributed by atoms with Crippen molar-refractivity contribution in [2.45, 2.75) is 18.9 Å². The number of H-pyrrole nitrogens is 1. The summed E-state index contributed by atoms with van der Waals surface area (Å²) in [6.45, 7) is 1.13. The first-order valence-corrected chi connectivity index (χ1v) is 8.56. The molecule has 0 radical (unpaired) electrons. The monoisotopic (exact) mass is 373 g/mol. The lowest BCUT2D eigenvalue weighted by Gasteiger charge is -2.09. The number of amides is 1. The first-order chi connectivity index (χ1) is 13.1. The number of aromatic nitrogens is 4. The average molecular weight is 373 g/mol. The number of carbonyl (C=O) groups excluding carboxylic acids is 1. The Morgan fingerprint density at radius 2 is 2.30 bits per heavy atom. The Morgan fingerprint density at radius 1 is 1.41 bits per heavy atom. The van der Waals surface area contributed by atoms with Gasteiger partial charge < -0.3 is 15.0 Å². The van der Waals surface area contributed by atoms with Crippen LogP contribution in [0.2, 0.25) is 0 Å². The third kappa shape index (κ3) is 3.45. The number of hydrogen-bond acceptors (Lipinski definition) is 4. The van der Waals surface area contributed by atoms with Crippen molar-refractivity contribution in [2.75, 3.05) is 13.2 Å². The van der Waals surface area contributed by atoms with E-state index in [-0.39, 0.29) is 23.4 Å². The first kappa shape index (κ1) is 17.3. The number of hydrogen-bond donors (Lipinski definition) is 2. The molecule has 0 saturated carbocycles. The lowest BCUT2D eigenvalue weighted by Crippen LogP contribution is -2.32. The smallest absolute Gasteiger partial charge is 0.287 e. The van der Waals surface area contributed by atoms with Gasteiger partial charge in [0.25, 0.3) is 5.91 Å². The molecule has 7 nitrogen and oxygen atoms in total. The standard InChI is InChI=1S/C18H17F2N5O2/c19-13-5-1-4-12(16(13)20)14-8-21-10-25(14)15-9-22-17(24-15)18(26)23-7-11-3-2-6-27-11/h1,4-5,8-11H,2-3,6-7H2,(H,22,24)(H,23,26)/t11-/m0/s1. The predicted octanol–water partition coefficient (Wildman–Crippen LogP) is 2.45. The third-order valence-corrected chi connectivity index (χ3v) is 4.41. The van der Waals surface area contributed by atoms with Crippen molar-refractivity contribution in [1.29, 1.82) is 0 Å². The number of nitrogens with zero attached hydrogens (tertiary/aromatic N) is 3. The Kier molecular flexibility index (Phi) is 4.68. The van der Waals surface area contributed by atoms with Gasteiger partial charge in [-0.05, 0) is 25.0 Å². The molecule has 1 aliphatic heterocycles. The van der Waals surface area contributed by atoms with E-state index in [1.54, 1.807) is 0 Å². The van der Waals surface area contributed by atoms with Gasteiger partial charge in [-0.3, -0.25) is 9.36 Å². The molecule has 0 aliphatic carbocycles. The van der Waals surface area contributed by atoms with E-state index in [1.165, 1.54) is 35.4 Å². The summed E-state index contributed by atoms with van der Waals surface area (Å²) in [5, 5.41) is 2.77. The van der Waals surface area contributed by atoms with Crippen LogP contribution in [0.3, 0.4) is 0 Å². The molecule has 1 aromatic carbocycles. The van der Waals surface area contributed by atoms with Crippen molar-refractivity contribution >= 4 is 5.91 Å². The fourth-order valence-corrected chi connectivity index (χ4v) is 3.03. The molecule has 1 saturated heterocycles. The van der Waals surface area contributed by atoms with E-state index in [0.29, 0.717) is 24.7 Å². The Balaban J connectivity index is 1.55. The number of rotatable bonds is 5. The van der Waals surface area contributed by atoms with Gasteiger partial charge in [-0.15, -0.1) is 0 Å². The zero-order chi connectivity index (χ0) is 18.8. The third-order valence-electron chi connectivity index (χ3n) is 4.41. The van der Waals surface area contributed by atoms with E-state index < -0.39 is 11.6 Å². The van der Waals surface area contributed by atoms with Crippen LogP contribution < -0.4 is 5.32 Å². The van der Waals surface area contributed by atoms with E-state index >= 15 is 0 Å².